The number of thioether (sulfide) groups is 1. The molecule has 0 aliphatic carbocycles. The van der Waals surface area contributed by atoms with E-state index in [4.69, 9.17) is 23.2 Å². The van der Waals surface area contributed by atoms with E-state index in [9.17, 15) is 9.59 Å². The first-order valence-corrected chi connectivity index (χ1v) is 14.6. The Kier molecular flexibility index (Phi) is 10.9. The Morgan fingerprint density at radius 1 is 0.919 bits per heavy atom. The third kappa shape index (κ3) is 9.68. The van der Waals surface area contributed by atoms with Gasteiger partial charge in [0.2, 0.25) is 11.8 Å². The SMILES string of the molecule is CC(C)(C)NC(=O)[C@H](Cc1ccccc1)N(Cc1cccc(Br)c1)C(=O)CSCc1ccc(Cl)c(Cl)c1. The monoisotopic (exact) mass is 620 g/mol. The van der Waals surface area contributed by atoms with Crippen LogP contribution in [0.1, 0.15) is 37.5 Å². The molecule has 0 spiro atoms. The predicted octanol–water partition coefficient (Wildman–Crippen LogP) is 7.54. The molecule has 0 saturated carbocycles. The van der Waals surface area contributed by atoms with E-state index < -0.39 is 11.6 Å². The molecule has 2 amide bonds. The highest BCUT2D eigenvalue weighted by molar-refractivity contribution is 9.10. The first-order valence-electron chi connectivity index (χ1n) is 11.9. The maximum atomic E-state index is 13.7. The Bertz CT molecular complexity index is 1220. The fraction of sp³-hybridized carbons (Fsp3) is 0.310. The summed E-state index contributed by atoms with van der Waals surface area (Å²) in [6, 6.07) is 22.4. The number of nitrogens with one attached hydrogen (secondary N) is 1. The lowest BCUT2D eigenvalue weighted by Gasteiger charge is -2.34. The van der Waals surface area contributed by atoms with Crippen molar-refractivity contribution >= 4 is 62.7 Å². The Hall–Kier alpha value is -1.99. The summed E-state index contributed by atoms with van der Waals surface area (Å²) in [4.78, 5) is 29.0. The van der Waals surface area contributed by atoms with Crippen molar-refractivity contribution in [3.8, 4) is 0 Å². The molecule has 0 aromatic heterocycles. The lowest BCUT2D eigenvalue weighted by molar-refractivity contribution is -0.140. The Balaban J connectivity index is 1.87. The second-order valence-corrected chi connectivity index (χ2v) is 12.6. The average molecular weight is 622 g/mol. The number of amides is 2. The Morgan fingerprint density at radius 3 is 2.27 bits per heavy atom. The molecule has 1 atom stereocenters. The highest BCUT2D eigenvalue weighted by Gasteiger charge is 2.32. The van der Waals surface area contributed by atoms with Gasteiger partial charge in [-0.05, 0) is 61.7 Å². The van der Waals surface area contributed by atoms with Gasteiger partial charge >= 0.3 is 0 Å². The van der Waals surface area contributed by atoms with Crippen LogP contribution in [0.5, 0.6) is 0 Å². The van der Waals surface area contributed by atoms with Gasteiger partial charge in [-0.3, -0.25) is 9.59 Å². The zero-order valence-electron chi connectivity index (χ0n) is 21.1. The molecule has 3 rings (SSSR count). The summed E-state index contributed by atoms with van der Waals surface area (Å²) >= 11 is 17.2. The van der Waals surface area contributed by atoms with Crippen molar-refractivity contribution in [2.75, 3.05) is 5.75 Å². The van der Waals surface area contributed by atoms with Crippen molar-refractivity contribution < 1.29 is 9.59 Å². The van der Waals surface area contributed by atoms with E-state index >= 15 is 0 Å². The molecule has 8 heteroatoms. The van der Waals surface area contributed by atoms with Crippen LogP contribution in [-0.4, -0.2) is 34.0 Å². The number of halogens is 3. The molecule has 0 unspecified atom stereocenters. The van der Waals surface area contributed by atoms with Crippen LogP contribution in [0.25, 0.3) is 0 Å². The smallest absolute Gasteiger partial charge is 0.243 e. The maximum Gasteiger partial charge on any atom is 0.243 e. The summed E-state index contributed by atoms with van der Waals surface area (Å²) in [6.07, 6.45) is 0.417. The van der Waals surface area contributed by atoms with Crippen LogP contribution in [0.4, 0.5) is 0 Å². The van der Waals surface area contributed by atoms with E-state index in [1.807, 2.05) is 87.5 Å². The van der Waals surface area contributed by atoms with E-state index in [0.717, 1.165) is 21.2 Å². The largest absolute Gasteiger partial charge is 0.350 e. The van der Waals surface area contributed by atoms with E-state index in [-0.39, 0.29) is 17.6 Å². The number of nitrogens with zero attached hydrogens (tertiary/aromatic N) is 1. The molecule has 0 radical (unpaired) electrons. The third-order valence-corrected chi connectivity index (χ3v) is 7.71. The van der Waals surface area contributed by atoms with E-state index in [1.165, 1.54) is 11.8 Å². The van der Waals surface area contributed by atoms with Gasteiger partial charge in [0.1, 0.15) is 6.04 Å². The minimum Gasteiger partial charge on any atom is -0.350 e. The number of carbonyl (C=O) groups excluding carboxylic acids is 2. The predicted molar refractivity (Wildman–Crippen MR) is 159 cm³/mol. The van der Waals surface area contributed by atoms with Crippen LogP contribution in [0.15, 0.2) is 77.3 Å². The fourth-order valence-electron chi connectivity index (χ4n) is 3.81. The third-order valence-electron chi connectivity index (χ3n) is 5.49. The van der Waals surface area contributed by atoms with Gasteiger partial charge in [-0.25, -0.2) is 0 Å². The molecule has 0 aliphatic rings. The lowest BCUT2D eigenvalue weighted by atomic mass is 10.0. The van der Waals surface area contributed by atoms with Crippen molar-refractivity contribution in [3.63, 3.8) is 0 Å². The van der Waals surface area contributed by atoms with Gasteiger partial charge in [0, 0.05) is 28.7 Å². The van der Waals surface area contributed by atoms with E-state index in [1.54, 1.807) is 11.0 Å². The van der Waals surface area contributed by atoms with Crippen LogP contribution in [0, 0.1) is 0 Å². The molecule has 196 valence electrons. The molecule has 0 heterocycles. The Labute approximate surface area is 242 Å². The van der Waals surface area contributed by atoms with Gasteiger partial charge in [-0.15, -0.1) is 11.8 Å². The first-order chi connectivity index (χ1) is 17.5. The number of hydrogen-bond donors (Lipinski definition) is 1. The topological polar surface area (TPSA) is 49.4 Å². The molecule has 3 aromatic carbocycles. The quantitative estimate of drug-likeness (QED) is 0.254. The minimum atomic E-state index is -0.668. The summed E-state index contributed by atoms with van der Waals surface area (Å²) in [5.74, 6) is 0.553. The van der Waals surface area contributed by atoms with Gasteiger partial charge in [-0.1, -0.05) is 87.7 Å². The van der Waals surface area contributed by atoms with Crippen molar-refractivity contribution in [1.29, 1.82) is 0 Å². The number of benzene rings is 3. The number of hydrogen-bond acceptors (Lipinski definition) is 3. The highest BCUT2D eigenvalue weighted by atomic mass is 79.9. The van der Waals surface area contributed by atoms with Crippen molar-refractivity contribution in [2.24, 2.45) is 0 Å². The molecule has 0 bridgehead atoms. The zero-order chi connectivity index (χ0) is 27.0. The van der Waals surface area contributed by atoms with Gasteiger partial charge in [0.05, 0.1) is 15.8 Å². The summed E-state index contributed by atoms with van der Waals surface area (Å²) in [6.45, 7) is 6.15. The van der Waals surface area contributed by atoms with Crippen LogP contribution < -0.4 is 5.32 Å². The standard InChI is InChI=1S/C29H31BrCl2N2O2S/c1-29(2,3)33-28(36)26(16-20-8-5-4-6-9-20)34(17-21-10-7-11-23(30)14-21)27(35)19-37-18-22-12-13-24(31)25(32)15-22/h4-15,26H,16-19H2,1-3H3,(H,33,36)/t26-/m0/s1. The molecular formula is C29H31BrCl2N2O2S. The molecular weight excluding hydrogens is 591 g/mol. The fourth-order valence-corrected chi connectivity index (χ4v) is 5.43. The lowest BCUT2D eigenvalue weighted by Crippen LogP contribution is -2.54. The van der Waals surface area contributed by atoms with Gasteiger partial charge in [-0.2, -0.15) is 0 Å². The summed E-state index contributed by atoms with van der Waals surface area (Å²) in [5, 5.41) is 4.08. The van der Waals surface area contributed by atoms with Crippen LogP contribution in [-0.2, 0) is 28.3 Å². The molecule has 1 N–H and O–H groups in total. The van der Waals surface area contributed by atoms with Crippen LogP contribution in [0.3, 0.4) is 0 Å². The highest BCUT2D eigenvalue weighted by Crippen LogP contribution is 2.25. The molecule has 0 saturated heterocycles. The van der Waals surface area contributed by atoms with Gasteiger partial charge in [0.25, 0.3) is 0 Å². The van der Waals surface area contributed by atoms with E-state index in [0.29, 0.717) is 28.8 Å². The molecule has 4 nitrogen and oxygen atoms in total. The second-order valence-electron chi connectivity index (χ2n) is 9.84. The molecule has 0 aliphatic heterocycles. The van der Waals surface area contributed by atoms with Crippen LogP contribution >= 0.6 is 50.9 Å². The van der Waals surface area contributed by atoms with Gasteiger partial charge < -0.3 is 10.2 Å². The van der Waals surface area contributed by atoms with Crippen molar-refractivity contribution in [2.45, 2.75) is 51.1 Å². The normalized spacial score (nSPS) is 12.2. The number of rotatable bonds is 10. The molecule has 0 fully saturated rings. The minimum absolute atomic E-state index is 0.102. The zero-order valence-corrected chi connectivity index (χ0v) is 25.1. The van der Waals surface area contributed by atoms with Gasteiger partial charge in [0.15, 0.2) is 0 Å². The summed E-state index contributed by atoms with van der Waals surface area (Å²) in [5.41, 5.74) is 2.49. The average Bonchev–Trinajstić information content (AvgIpc) is 2.83. The summed E-state index contributed by atoms with van der Waals surface area (Å²) < 4.78 is 0.921. The Morgan fingerprint density at radius 2 is 1.62 bits per heavy atom. The van der Waals surface area contributed by atoms with E-state index in [2.05, 4.69) is 21.2 Å². The van der Waals surface area contributed by atoms with Crippen molar-refractivity contribution in [1.82, 2.24) is 10.2 Å². The molecule has 3 aromatic rings. The second kappa shape index (κ2) is 13.7. The maximum absolute atomic E-state index is 13.7. The van der Waals surface area contributed by atoms with Crippen LogP contribution in [0.2, 0.25) is 10.0 Å². The first kappa shape index (κ1) is 29.6. The molecule has 37 heavy (non-hydrogen) atoms. The van der Waals surface area contributed by atoms with Crippen molar-refractivity contribution in [3.05, 3.63) is 104 Å². The summed E-state index contributed by atoms with van der Waals surface area (Å²) in [7, 11) is 0. The number of carbonyl (C=O) groups is 2.